The van der Waals surface area contributed by atoms with Gasteiger partial charge in [0, 0.05) is 22.8 Å². The first-order chi connectivity index (χ1) is 18.8. The van der Waals surface area contributed by atoms with Gasteiger partial charge in [-0.3, -0.25) is 4.79 Å². The Kier molecular flexibility index (Phi) is 14.4. The molecule has 0 fully saturated rings. The molecule has 0 bridgehead atoms. The summed E-state index contributed by atoms with van der Waals surface area (Å²) in [4.78, 5) is 23.9. The largest absolute Gasteiger partial charge is 0.796 e. The van der Waals surface area contributed by atoms with Crippen LogP contribution in [0.3, 0.4) is 0 Å². The molecule has 0 spiro atoms. The fourth-order valence-corrected chi connectivity index (χ4v) is 3.70. The summed E-state index contributed by atoms with van der Waals surface area (Å²) in [6.45, 7) is 6.23. The lowest BCUT2D eigenvalue weighted by Crippen LogP contribution is -2.06. The molecule has 0 saturated carbocycles. The summed E-state index contributed by atoms with van der Waals surface area (Å²) in [5.74, 6) is 0.199. The van der Waals surface area contributed by atoms with E-state index in [0.29, 0.717) is 41.4 Å². The van der Waals surface area contributed by atoms with Crippen LogP contribution in [0.5, 0.6) is 11.5 Å². The van der Waals surface area contributed by atoms with Crippen LogP contribution in [0.25, 0.3) is 5.76 Å². The number of ether oxygens (including phenoxy) is 3. The summed E-state index contributed by atoms with van der Waals surface area (Å²) in [5, 5.41) is 0. The van der Waals surface area contributed by atoms with Gasteiger partial charge in [-0.05, 0) is 68.3 Å². The highest BCUT2D eigenvalue weighted by atomic mass is 19.2. The third kappa shape index (κ3) is 12.7. The van der Waals surface area contributed by atoms with Gasteiger partial charge in [-0.2, -0.15) is 0 Å². The Labute approximate surface area is 230 Å². The van der Waals surface area contributed by atoms with E-state index in [1.807, 2.05) is 0 Å². The maximum atomic E-state index is 12.9. The van der Waals surface area contributed by atoms with Gasteiger partial charge >= 0.3 is 13.4 Å². The second-order valence-electron chi connectivity index (χ2n) is 9.10. The van der Waals surface area contributed by atoms with Gasteiger partial charge in [-0.25, -0.2) is 13.4 Å². The zero-order valence-electron chi connectivity index (χ0n) is 22.8. The van der Waals surface area contributed by atoms with Gasteiger partial charge in [0.25, 0.3) is 0 Å². The smallest absolute Gasteiger partial charge is 0.505 e. The van der Waals surface area contributed by atoms with Crippen molar-refractivity contribution in [1.29, 1.82) is 0 Å². The Hall–Kier alpha value is -3.62. The highest BCUT2D eigenvalue weighted by Gasteiger charge is 2.21. The van der Waals surface area contributed by atoms with Crippen LogP contribution in [0.2, 0.25) is 0 Å². The second-order valence-corrected chi connectivity index (χ2v) is 9.10. The number of carbonyl (C=O) groups is 2. The number of ketones is 1. The standard InChI is InChI=1S/C30H37BF2O6/c1-23(2)30(35)38-21-11-9-7-5-4-6-8-10-20-37-27-18-12-24(13-19-27)28(34)22-29(39-31(32)33)25-14-16-26(36-3)17-15-25/h12-19,22H,1,4-11,20-21H2,2-3H3/b29-22-. The van der Waals surface area contributed by atoms with Crippen LogP contribution in [0, 0.1) is 0 Å². The summed E-state index contributed by atoms with van der Waals surface area (Å²) >= 11 is 0. The number of methoxy groups -OCH3 is 1. The molecule has 0 aliphatic carbocycles. The molecule has 0 aliphatic heterocycles. The molecular formula is C30H37BF2O6. The minimum atomic E-state index is -3.06. The van der Waals surface area contributed by atoms with Crippen molar-refractivity contribution in [3.05, 3.63) is 77.9 Å². The number of unbranched alkanes of at least 4 members (excludes halogenated alkanes) is 7. The third-order valence-corrected chi connectivity index (χ3v) is 5.88. The Morgan fingerprint density at radius 3 is 1.85 bits per heavy atom. The number of benzene rings is 2. The highest BCUT2D eigenvalue weighted by Crippen LogP contribution is 2.22. The topological polar surface area (TPSA) is 71.1 Å². The molecule has 0 amide bonds. The summed E-state index contributed by atoms with van der Waals surface area (Å²) in [5.41, 5.74) is 1.10. The van der Waals surface area contributed by atoms with E-state index in [1.165, 1.54) is 7.11 Å². The van der Waals surface area contributed by atoms with Crippen LogP contribution in [-0.4, -0.2) is 39.5 Å². The molecule has 9 heteroatoms. The molecule has 6 nitrogen and oxygen atoms in total. The number of rotatable bonds is 19. The first-order valence-corrected chi connectivity index (χ1v) is 13.2. The van der Waals surface area contributed by atoms with E-state index in [0.717, 1.165) is 57.4 Å². The maximum Gasteiger partial charge on any atom is 0.796 e. The van der Waals surface area contributed by atoms with Crippen LogP contribution in [-0.2, 0) is 14.2 Å². The van der Waals surface area contributed by atoms with Gasteiger partial charge in [0.2, 0.25) is 0 Å². The van der Waals surface area contributed by atoms with Crippen molar-refractivity contribution in [1.82, 2.24) is 0 Å². The van der Waals surface area contributed by atoms with Crippen LogP contribution in [0.15, 0.2) is 66.8 Å². The Bertz CT molecular complexity index is 1070. The van der Waals surface area contributed by atoms with E-state index < -0.39 is 13.3 Å². The molecule has 2 aromatic carbocycles. The molecule has 2 rings (SSSR count). The van der Waals surface area contributed by atoms with Gasteiger partial charge in [0.1, 0.15) is 17.3 Å². The summed E-state index contributed by atoms with van der Waals surface area (Å²) < 4.78 is 46.3. The first-order valence-electron chi connectivity index (χ1n) is 13.2. The van der Waals surface area contributed by atoms with Gasteiger partial charge < -0.3 is 18.9 Å². The van der Waals surface area contributed by atoms with Gasteiger partial charge in [0.15, 0.2) is 5.78 Å². The van der Waals surface area contributed by atoms with E-state index in [1.54, 1.807) is 55.5 Å². The van der Waals surface area contributed by atoms with Crippen LogP contribution in [0.1, 0.15) is 74.2 Å². The summed E-state index contributed by atoms with van der Waals surface area (Å²) in [6.07, 6.45) is 9.53. The first kappa shape index (κ1) is 31.6. The predicted octanol–water partition coefficient (Wildman–Crippen LogP) is 7.48. The number of hydrogen-bond acceptors (Lipinski definition) is 6. The normalized spacial score (nSPS) is 11.0. The zero-order chi connectivity index (χ0) is 28.5. The third-order valence-electron chi connectivity index (χ3n) is 5.88. The maximum absolute atomic E-state index is 12.9. The summed E-state index contributed by atoms with van der Waals surface area (Å²) in [6, 6.07) is 12.9. The van der Waals surface area contributed by atoms with Gasteiger partial charge in [-0.15, -0.1) is 0 Å². The molecule has 39 heavy (non-hydrogen) atoms. The van der Waals surface area contributed by atoms with Crippen molar-refractivity contribution < 1.29 is 37.1 Å². The number of hydrogen-bond donors (Lipinski definition) is 0. The quantitative estimate of drug-likeness (QED) is 0.0458. The minimum absolute atomic E-state index is 0.220. The molecule has 0 heterocycles. The number of esters is 1. The number of halogens is 2. The van der Waals surface area contributed by atoms with E-state index in [4.69, 9.17) is 14.2 Å². The van der Waals surface area contributed by atoms with E-state index >= 15 is 0 Å². The molecular weight excluding hydrogens is 505 g/mol. The van der Waals surface area contributed by atoms with Crippen molar-refractivity contribution in [2.75, 3.05) is 20.3 Å². The Balaban J connectivity index is 1.67. The van der Waals surface area contributed by atoms with E-state index in [2.05, 4.69) is 11.2 Å². The van der Waals surface area contributed by atoms with Crippen molar-refractivity contribution in [3.63, 3.8) is 0 Å². The van der Waals surface area contributed by atoms with Crippen molar-refractivity contribution in [2.45, 2.75) is 58.3 Å². The monoisotopic (exact) mass is 542 g/mol. The highest BCUT2D eigenvalue weighted by molar-refractivity contribution is 6.36. The number of carbonyl (C=O) groups excluding carboxylic acids is 2. The average molecular weight is 542 g/mol. The molecule has 0 saturated heterocycles. The van der Waals surface area contributed by atoms with Gasteiger partial charge in [-0.1, -0.05) is 45.1 Å². The second kappa shape index (κ2) is 17.8. The lowest BCUT2D eigenvalue weighted by Gasteiger charge is -2.10. The molecule has 0 radical (unpaired) electrons. The fraction of sp³-hybridized carbons (Fsp3) is 0.400. The van der Waals surface area contributed by atoms with Crippen LogP contribution in [0.4, 0.5) is 8.63 Å². The van der Waals surface area contributed by atoms with E-state index in [-0.39, 0.29) is 11.7 Å². The SMILES string of the molecule is C=C(C)C(=O)OCCCCCCCCCCOc1ccc(C(=O)/C=C(\OB(F)F)c2ccc(OC)cc2)cc1. The van der Waals surface area contributed by atoms with Crippen LogP contribution < -0.4 is 9.47 Å². The predicted molar refractivity (Wildman–Crippen MR) is 149 cm³/mol. The van der Waals surface area contributed by atoms with Gasteiger partial charge in [0.05, 0.1) is 20.3 Å². The Morgan fingerprint density at radius 1 is 0.795 bits per heavy atom. The molecule has 0 N–H and O–H groups in total. The fourth-order valence-electron chi connectivity index (χ4n) is 3.70. The molecule has 0 atom stereocenters. The van der Waals surface area contributed by atoms with E-state index in [9.17, 15) is 18.2 Å². The lowest BCUT2D eigenvalue weighted by atomic mass is 10.1. The molecule has 2 aromatic rings. The van der Waals surface area contributed by atoms with Crippen molar-refractivity contribution in [2.24, 2.45) is 0 Å². The number of allylic oxidation sites excluding steroid dienone is 1. The van der Waals surface area contributed by atoms with Crippen molar-refractivity contribution in [3.8, 4) is 11.5 Å². The summed E-state index contributed by atoms with van der Waals surface area (Å²) in [7, 11) is -1.56. The zero-order valence-corrected chi connectivity index (χ0v) is 22.8. The lowest BCUT2D eigenvalue weighted by molar-refractivity contribution is -0.139. The van der Waals surface area contributed by atoms with Crippen molar-refractivity contribution >= 4 is 25.0 Å². The Morgan fingerprint density at radius 2 is 1.31 bits per heavy atom. The minimum Gasteiger partial charge on any atom is -0.505 e. The average Bonchev–Trinajstić information content (AvgIpc) is 2.93. The molecule has 0 aromatic heterocycles. The molecule has 0 aliphatic rings. The van der Waals surface area contributed by atoms with Crippen LogP contribution >= 0.6 is 0 Å². The molecule has 0 unspecified atom stereocenters. The molecule has 210 valence electrons.